The fourth-order valence-electron chi connectivity index (χ4n) is 3.22. The van der Waals surface area contributed by atoms with Crippen LogP contribution in [0.3, 0.4) is 0 Å². The van der Waals surface area contributed by atoms with Crippen LogP contribution in [0.1, 0.15) is 19.8 Å². The zero-order valence-electron chi connectivity index (χ0n) is 13.7. The summed E-state index contributed by atoms with van der Waals surface area (Å²) in [6.45, 7) is 5.89. The van der Waals surface area contributed by atoms with Gasteiger partial charge in [0.2, 0.25) is 0 Å². The molecule has 1 heterocycles. The topological polar surface area (TPSA) is 44.4 Å². The fraction of sp³-hybridized carbons (Fsp3) is 0.421. The van der Waals surface area contributed by atoms with E-state index in [1.54, 1.807) is 0 Å². The molecule has 0 spiro atoms. The molecule has 0 aromatic heterocycles. The molecule has 0 unspecified atom stereocenters. The number of hydrogen-bond donors (Lipinski definition) is 2. The number of benzene rings is 2. The number of carbonyl (C=O) groups is 1. The molecule has 2 aromatic carbocycles. The van der Waals surface area contributed by atoms with E-state index in [2.05, 4.69) is 29.7 Å². The van der Waals surface area contributed by atoms with Crippen molar-refractivity contribution in [3.8, 4) is 0 Å². The van der Waals surface area contributed by atoms with Gasteiger partial charge in [-0.25, -0.2) is 4.79 Å². The number of urea groups is 1. The van der Waals surface area contributed by atoms with Crippen LogP contribution in [0.15, 0.2) is 42.5 Å². The van der Waals surface area contributed by atoms with Gasteiger partial charge < -0.3 is 15.5 Å². The number of piperidine rings is 1. The Kier molecular flexibility index (Phi) is 5.13. The standard InChI is InChI=1S/C19H25N3O/c1-2-20-14-15-10-12-22(13-11-15)19(23)21-18-9-5-7-16-6-3-4-8-17(16)18/h3-9,15,20H,2,10-14H2,1H3,(H,21,23). The number of anilines is 1. The largest absolute Gasteiger partial charge is 0.325 e. The van der Waals surface area contributed by atoms with E-state index >= 15 is 0 Å². The second-order valence-electron chi connectivity index (χ2n) is 6.19. The van der Waals surface area contributed by atoms with E-state index in [1.807, 2.05) is 35.2 Å². The van der Waals surface area contributed by atoms with E-state index < -0.39 is 0 Å². The van der Waals surface area contributed by atoms with E-state index in [4.69, 9.17) is 0 Å². The van der Waals surface area contributed by atoms with Gasteiger partial charge in [-0.3, -0.25) is 0 Å². The molecular formula is C19H25N3O. The van der Waals surface area contributed by atoms with Crippen molar-refractivity contribution >= 4 is 22.5 Å². The van der Waals surface area contributed by atoms with Crippen LogP contribution in [-0.4, -0.2) is 37.1 Å². The van der Waals surface area contributed by atoms with Gasteiger partial charge in [0.25, 0.3) is 0 Å². The first-order valence-electron chi connectivity index (χ1n) is 8.52. The van der Waals surface area contributed by atoms with Gasteiger partial charge in [0, 0.05) is 18.5 Å². The Morgan fingerprint density at radius 1 is 1.13 bits per heavy atom. The lowest BCUT2D eigenvalue weighted by molar-refractivity contribution is 0.182. The molecule has 0 aliphatic carbocycles. The van der Waals surface area contributed by atoms with Gasteiger partial charge in [0.05, 0.1) is 5.69 Å². The minimum Gasteiger partial charge on any atom is -0.325 e. The SMILES string of the molecule is CCNCC1CCN(C(=O)Nc2cccc3ccccc23)CC1. The van der Waals surface area contributed by atoms with Crippen molar-refractivity contribution < 1.29 is 4.79 Å². The number of fused-ring (bicyclic) bond motifs is 1. The van der Waals surface area contributed by atoms with Crippen LogP contribution >= 0.6 is 0 Å². The Balaban J connectivity index is 1.61. The summed E-state index contributed by atoms with van der Waals surface area (Å²) in [5.74, 6) is 0.691. The van der Waals surface area contributed by atoms with Crippen molar-refractivity contribution in [1.82, 2.24) is 10.2 Å². The zero-order chi connectivity index (χ0) is 16.1. The Labute approximate surface area is 137 Å². The predicted octanol–water partition coefficient (Wildman–Crippen LogP) is 3.69. The second kappa shape index (κ2) is 7.47. The van der Waals surface area contributed by atoms with Gasteiger partial charge in [-0.2, -0.15) is 0 Å². The molecule has 2 N–H and O–H groups in total. The Morgan fingerprint density at radius 3 is 2.65 bits per heavy atom. The van der Waals surface area contributed by atoms with Crippen LogP contribution < -0.4 is 10.6 Å². The maximum absolute atomic E-state index is 12.5. The Bertz CT molecular complexity index is 657. The number of nitrogens with zero attached hydrogens (tertiary/aromatic N) is 1. The van der Waals surface area contributed by atoms with Crippen LogP contribution in [-0.2, 0) is 0 Å². The molecule has 122 valence electrons. The van der Waals surface area contributed by atoms with Gasteiger partial charge in [0.1, 0.15) is 0 Å². The maximum Gasteiger partial charge on any atom is 0.321 e. The van der Waals surface area contributed by atoms with Crippen LogP contribution in [0.4, 0.5) is 10.5 Å². The highest BCUT2D eigenvalue weighted by atomic mass is 16.2. The third kappa shape index (κ3) is 3.82. The summed E-state index contributed by atoms with van der Waals surface area (Å²) >= 11 is 0. The molecule has 1 aliphatic rings. The molecule has 1 aliphatic heterocycles. The fourth-order valence-corrected chi connectivity index (χ4v) is 3.22. The number of hydrogen-bond acceptors (Lipinski definition) is 2. The molecule has 0 saturated carbocycles. The zero-order valence-corrected chi connectivity index (χ0v) is 13.7. The van der Waals surface area contributed by atoms with Gasteiger partial charge >= 0.3 is 6.03 Å². The van der Waals surface area contributed by atoms with Crippen molar-refractivity contribution in [2.45, 2.75) is 19.8 Å². The average Bonchev–Trinajstić information content (AvgIpc) is 2.60. The Hall–Kier alpha value is -2.07. The minimum atomic E-state index is 0.0169. The lowest BCUT2D eigenvalue weighted by Gasteiger charge is -2.32. The van der Waals surface area contributed by atoms with Gasteiger partial charge in [-0.15, -0.1) is 0 Å². The lowest BCUT2D eigenvalue weighted by Crippen LogP contribution is -2.42. The molecule has 0 radical (unpaired) electrons. The number of nitrogens with one attached hydrogen (secondary N) is 2. The average molecular weight is 311 g/mol. The van der Waals surface area contributed by atoms with Crippen molar-refractivity contribution in [1.29, 1.82) is 0 Å². The monoisotopic (exact) mass is 311 g/mol. The molecule has 4 nitrogen and oxygen atoms in total. The van der Waals surface area contributed by atoms with Gasteiger partial charge in [-0.1, -0.05) is 43.3 Å². The summed E-state index contributed by atoms with van der Waals surface area (Å²) in [7, 11) is 0. The highest BCUT2D eigenvalue weighted by Gasteiger charge is 2.22. The first-order chi connectivity index (χ1) is 11.3. The van der Waals surface area contributed by atoms with Crippen LogP contribution in [0.2, 0.25) is 0 Å². The lowest BCUT2D eigenvalue weighted by atomic mass is 9.97. The number of rotatable bonds is 4. The number of likely N-dealkylation sites (tertiary alicyclic amines) is 1. The summed E-state index contributed by atoms with van der Waals surface area (Å²) in [5, 5.41) is 8.72. The quantitative estimate of drug-likeness (QED) is 0.904. The summed E-state index contributed by atoms with van der Waals surface area (Å²) in [4.78, 5) is 14.5. The summed E-state index contributed by atoms with van der Waals surface area (Å²) in [5.41, 5.74) is 0.892. The third-order valence-corrected chi connectivity index (χ3v) is 4.62. The minimum absolute atomic E-state index is 0.0169. The molecule has 0 bridgehead atoms. The Morgan fingerprint density at radius 2 is 1.87 bits per heavy atom. The molecular weight excluding hydrogens is 286 g/mol. The molecule has 0 atom stereocenters. The van der Waals surface area contributed by atoms with E-state index in [9.17, 15) is 4.79 Å². The van der Waals surface area contributed by atoms with E-state index in [-0.39, 0.29) is 6.03 Å². The van der Waals surface area contributed by atoms with Crippen LogP contribution in [0.5, 0.6) is 0 Å². The molecule has 2 aromatic rings. The first kappa shape index (κ1) is 15.8. The van der Waals surface area contributed by atoms with Gasteiger partial charge in [-0.05, 0) is 43.3 Å². The van der Waals surface area contributed by atoms with Crippen molar-refractivity contribution in [3.05, 3.63) is 42.5 Å². The molecule has 4 heteroatoms. The highest BCUT2D eigenvalue weighted by Crippen LogP contribution is 2.24. The normalized spacial score (nSPS) is 15.8. The summed E-state index contributed by atoms with van der Waals surface area (Å²) in [6.07, 6.45) is 2.16. The molecule has 1 saturated heterocycles. The van der Waals surface area contributed by atoms with Crippen LogP contribution in [0, 0.1) is 5.92 Å². The molecule has 23 heavy (non-hydrogen) atoms. The van der Waals surface area contributed by atoms with Crippen molar-refractivity contribution in [3.63, 3.8) is 0 Å². The molecule has 1 fully saturated rings. The maximum atomic E-state index is 12.5. The predicted molar refractivity (Wildman–Crippen MR) is 95.8 cm³/mol. The highest BCUT2D eigenvalue weighted by molar-refractivity contribution is 6.01. The van der Waals surface area contributed by atoms with E-state index in [1.165, 1.54) is 0 Å². The van der Waals surface area contributed by atoms with Crippen molar-refractivity contribution in [2.24, 2.45) is 5.92 Å². The van der Waals surface area contributed by atoms with Crippen LogP contribution in [0.25, 0.3) is 10.8 Å². The van der Waals surface area contributed by atoms with Crippen molar-refractivity contribution in [2.75, 3.05) is 31.5 Å². The smallest absolute Gasteiger partial charge is 0.321 e. The van der Waals surface area contributed by atoms with E-state index in [0.29, 0.717) is 5.92 Å². The summed E-state index contributed by atoms with van der Waals surface area (Å²) < 4.78 is 0. The third-order valence-electron chi connectivity index (χ3n) is 4.62. The molecule has 3 rings (SSSR count). The second-order valence-corrected chi connectivity index (χ2v) is 6.19. The van der Waals surface area contributed by atoms with E-state index in [0.717, 1.165) is 55.5 Å². The number of carbonyl (C=O) groups excluding carboxylic acids is 1. The summed E-state index contributed by atoms with van der Waals surface area (Å²) in [6, 6.07) is 14.2. The van der Waals surface area contributed by atoms with Gasteiger partial charge in [0.15, 0.2) is 0 Å². The first-order valence-corrected chi connectivity index (χ1v) is 8.52. The number of amides is 2. The molecule has 2 amide bonds.